The van der Waals surface area contributed by atoms with Gasteiger partial charge in [-0.25, -0.2) is 8.78 Å². The van der Waals surface area contributed by atoms with Gasteiger partial charge in [-0.1, -0.05) is 30.3 Å². The van der Waals surface area contributed by atoms with E-state index in [9.17, 15) is 18.4 Å². The van der Waals surface area contributed by atoms with Crippen LogP contribution in [0, 0.1) is 17.6 Å². The summed E-state index contributed by atoms with van der Waals surface area (Å²) in [5, 5.41) is 4.97. The molecule has 0 aromatic heterocycles. The Morgan fingerprint density at radius 2 is 1.58 bits per heavy atom. The molecule has 1 fully saturated rings. The Hall–Kier alpha value is -2.76. The van der Waals surface area contributed by atoms with Crippen molar-refractivity contribution in [3.05, 3.63) is 59.7 Å². The van der Waals surface area contributed by atoms with Crippen molar-refractivity contribution in [3.8, 4) is 0 Å². The van der Waals surface area contributed by atoms with E-state index in [-0.39, 0.29) is 29.1 Å². The van der Waals surface area contributed by atoms with E-state index in [1.807, 2.05) is 30.3 Å². The number of carbonyl (C=O) groups is 2. The third kappa shape index (κ3) is 3.42. The van der Waals surface area contributed by atoms with Crippen LogP contribution in [0.15, 0.2) is 42.5 Å². The summed E-state index contributed by atoms with van der Waals surface area (Å²) in [5.74, 6) is -2.99. The summed E-state index contributed by atoms with van der Waals surface area (Å²) >= 11 is 0. The minimum atomic E-state index is -1.09. The maximum Gasteiger partial charge on any atom is 0.228 e. The van der Waals surface area contributed by atoms with E-state index in [0.29, 0.717) is 6.42 Å². The van der Waals surface area contributed by atoms with Crippen molar-refractivity contribution in [2.45, 2.75) is 19.3 Å². The SMILES string of the molecule is CC(=O)Nc1cc(F)c(F)cc1NC(=O)[C@H]1C[C@@H]1c1ccccc1. The van der Waals surface area contributed by atoms with E-state index in [1.54, 1.807) is 0 Å². The number of benzene rings is 2. The predicted molar refractivity (Wildman–Crippen MR) is 86.6 cm³/mol. The maximum atomic E-state index is 13.5. The Balaban J connectivity index is 1.75. The number of rotatable bonds is 4. The highest BCUT2D eigenvalue weighted by molar-refractivity contribution is 6.01. The monoisotopic (exact) mass is 330 g/mol. The predicted octanol–water partition coefficient (Wildman–Crippen LogP) is 3.67. The molecule has 2 aromatic carbocycles. The molecule has 0 heterocycles. The molecule has 2 amide bonds. The molecule has 1 aliphatic rings. The molecular formula is C18H16F2N2O2. The Labute approximate surface area is 137 Å². The van der Waals surface area contributed by atoms with Crippen LogP contribution in [-0.2, 0) is 9.59 Å². The molecule has 6 heteroatoms. The topological polar surface area (TPSA) is 58.2 Å². The fourth-order valence-electron chi connectivity index (χ4n) is 2.72. The van der Waals surface area contributed by atoms with Gasteiger partial charge in [-0.3, -0.25) is 9.59 Å². The minimum absolute atomic E-state index is 0.0339. The first-order chi connectivity index (χ1) is 11.5. The molecule has 0 unspecified atom stereocenters. The van der Waals surface area contributed by atoms with Gasteiger partial charge < -0.3 is 10.6 Å². The van der Waals surface area contributed by atoms with Crippen LogP contribution in [-0.4, -0.2) is 11.8 Å². The van der Waals surface area contributed by atoms with Crippen LogP contribution in [0.4, 0.5) is 20.2 Å². The van der Waals surface area contributed by atoms with Crippen LogP contribution in [0.3, 0.4) is 0 Å². The first-order valence-corrected chi connectivity index (χ1v) is 7.58. The highest BCUT2D eigenvalue weighted by Gasteiger charge is 2.44. The van der Waals surface area contributed by atoms with Crippen molar-refractivity contribution in [2.24, 2.45) is 5.92 Å². The average molecular weight is 330 g/mol. The van der Waals surface area contributed by atoms with E-state index in [0.717, 1.165) is 17.7 Å². The van der Waals surface area contributed by atoms with Crippen LogP contribution < -0.4 is 10.6 Å². The average Bonchev–Trinajstić information content (AvgIpc) is 3.33. The summed E-state index contributed by atoms with van der Waals surface area (Å²) in [4.78, 5) is 23.5. The first kappa shape index (κ1) is 16.1. The second-order valence-corrected chi connectivity index (χ2v) is 5.84. The molecule has 2 atom stereocenters. The molecule has 124 valence electrons. The summed E-state index contributed by atoms with van der Waals surface area (Å²) in [7, 11) is 0. The van der Waals surface area contributed by atoms with E-state index in [4.69, 9.17) is 0 Å². The molecule has 2 N–H and O–H groups in total. The smallest absolute Gasteiger partial charge is 0.228 e. The van der Waals surface area contributed by atoms with Crippen molar-refractivity contribution in [1.82, 2.24) is 0 Å². The zero-order chi connectivity index (χ0) is 17.3. The third-order valence-corrected chi connectivity index (χ3v) is 3.98. The van der Waals surface area contributed by atoms with Gasteiger partial charge in [0, 0.05) is 25.0 Å². The van der Waals surface area contributed by atoms with Crippen molar-refractivity contribution >= 4 is 23.2 Å². The van der Waals surface area contributed by atoms with Gasteiger partial charge in [0.1, 0.15) is 0 Å². The van der Waals surface area contributed by atoms with Crippen LogP contribution in [0.1, 0.15) is 24.8 Å². The molecule has 24 heavy (non-hydrogen) atoms. The van der Waals surface area contributed by atoms with Gasteiger partial charge in [-0.05, 0) is 17.9 Å². The fourth-order valence-corrected chi connectivity index (χ4v) is 2.72. The van der Waals surface area contributed by atoms with Gasteiger partial charge in [-0.2, -0.15) is 0 Å². The van der Waals surface area contributed by atoms with E-state index < -0.39 is 17.5 Å². The van der Waals surface area contributed by atoms with Crippen LogP contribution in [0.2, 0.25) is 0 Å². The highest BCUT2D eigenvalue weighted by atomic mass is 19.2. The van der Waals surface area contributed by atoms with Crippen LogP contribution in [0.25, 0.3) is 0 Å². The number of nitrogens with one attached hydrogen (secondary N) is 2. The number of carbonyl (C=O) groups excluding carboxylic acids is 2. The van der Waals surface area contributed by atoms with Gasteiger partial charge >= 0.3 is 0 Å². The molecule has 0 radical (unpaired) electrons. The van der Waals surface area contributed by atoms with E-state index in [1.165, 1.54) is 6.92 Å². The second-order valence-electron chi connectivity index (χ2n) is 5.84. The summed E-state index contributed by atoms with van der Waals surface area (Å²) in [6.07, 6.45) is 0.703. The number of halogens is 2. The largest absolute Gasteiger partial charge is 0.324 e. The van der Waals surface area contributed by atoms with Crippen LogP contribution in [0.5, 0.6) is 0 Å². The van der Waals surface area contributed by atoms with Gasteiger partial charge in [0.15, 0.2) is 11.6 Å². The van der Waals surface area contributed by atoms with Gasteiger partial charge in [0.05, 0.1) is 11.4 Å². The number of hydrogen-bond donors (Lipinski definition) is 2. The zero-order valence-electron chi connectivity index (χ0n) is 13.0. The standard InChI is InChI=1S/C18H16F2N2O2/c1-10(23)21-16-8-14(19)15(20)9-17(16)22-18(24)13-7-12(13)11-5-3-2-4-6-11/h2-6,8-9,12-13H,7H2,1H3,(H,21,23)(H,22,24)/t12-,13+/m1/s1. The van der Waals surface area contributed by atoms with Crippen molar-refractivity contribution < 1.29 is 18.4 Å². The summed E-state index contributed by atoms with van der Waals surface area (Å²) in [5.41, 5.74) is 1.16. The van der Waals surface area contributed by atoms with E-state index >= 15 is 0 Å². The Kier molecular flexibility index (Phi) is 4.29. The lowest BCUT2D eigenvalue weighted by Crippen LogP contribution is -2.17. The summed E-state index contributed by atoms with van der Waals surface area (Å²) in [6.45, 7) is 1.25. The molecule has 0 aliphatic heterocycles. The Morgan fingerprint density at radius 1 is 1.00 bits per heavy atom. The molecule has 3 rings (SSSR count). The van der Waals surface area contributed by atoms with Crippen molar-refractivity contribution in [2.75, 3.05) is 10.6 Å². The summed E-state index contributed by atoms with van der Waals surface area (Å²) < 4.78 is 26.8. The molecule has 2 aromatic rings. The van der Waals surface area contributed by atoms with Crippen molar-refractivity contribution in [1.29, 1.82) is 0 Å². The Bertz CT molecular complexity index is 793. The molecule has 0 bridgehead atoms. The number of anilines is 2. The lowest BCUT2D eigenvalue weighted by Gasteiger charge is -2.12. The van der Waals surface area contributed by atoms with Gasteiger partial charge in [0.2, 0.25) is 11.8 Å². The summed E-state index contributed by atoms with van der Waals surface area (Å²) in [6, 6.07) is 11.4. The molecule has 0 saturated heterocycles. The van der Waals surface area contributed by atoms with Crippen LogP contribution >= 0.6 is 0 Å². The lowest BCUT2D eigenvalue weighted by atomic mass is 10.1. The molecule has 0 spiro atoms. The Morgan fingerprint density at radius 3 is 2.17 bits per heavy atom. The molecular weight excluding hydrogens is 314 g/mol. The normalized spacial score (nSPS) is 18.8. The fraction of sp³-hybridized carbons (Fsp3) is 0.222. The molecule has 1 saturated carbocycles. The second kappa shape index (κ2) is 6.39. The quantitative estimate of drug-likeness (QED) is 0.899. The minimum Gasteiger partial charge on any atom is -0.324 e. The van der Waals surface area contributed by atoms with Crippen molar-refractivity contribution in [3.63, 3.8) is 0 Å². The first-order valence-electron chi connectivity index (χ1n) is 7.58. The zero-order valence-corrected chi connectivity index (χ0v) is 13.0. The number of hydrogen-bond acceptors (Lipinski definition) is 2. The highest BCUT2D eigenvalue weighted by Crippen LogP contribution is 2.48. The third-order valence-electron chi connectivity index (χ3n) is 3.98. The lowest BCUT2D eigenvalue weighted by molar-refractivity contribution is -0.117. The van der Waals surface area contributed by atoms with Gasteiger partial charge in [-0.15, -0.1) is 0 Å². The van der Waals surface area contributed by atoms with E-state index in [2.05, 4.69) is 10.6 Å². The molecule has 4 nitrogen and oxygen atoms in total. The van der Waals surface area contributed by atoms with Gasteiger partial charge in [0.25, 0.3) is 0 Å². The molecule has 1 aliphatic carbocycles. The maximum absolute atomic E-state index is 13.5. The number of amides is 2.